The minimum absolute atomic E-state index is 0.0118. The van der Waals surface area contributed by atoms with Crippen LogP contribution in [0.2, 0.25) is 0 Å². The van der Waals surface area contributed by atoms with E-state index in [0.717, 1.165) is 30.0 Å². The molecular weight excluding hydrogens is 420 g/mol. The van der Waals surface area contributed by atoms with Crippen LogP contribution < -0.4 is 10.5 Å². The van der Waals surface area contributed by atoms with Crippen molar-refractivity contribution in [2.24, 2.45) is 0 Å². The van der Waals surface area contributed by atoms with E-state index < -0.39 is 23.3 Å². The smallest absolute Gasteiger partial charge is 0.422 e. The van der Waals surface area contributed by atoms with E-state index in [-0.39, 0.29) is 34.2 Å². The van der Waals surface area contributed by atoms with Crippen molar-refractivity contribution < 1.29 is 27.4 Å². The van der Waals surface area contributed by atoms with E-state index in [1.54, 1.807) is 6.07 Å². The first-order valence-electron chi connectivity index (χ1n) is 9.01. The minimum atomic E-state index is -5.07. The maximum atomic E-state index is 14.4. The number of hydrogen-bond acceptors (Lipinski definition) is 7. The van der Waals surface area contributed by atoms with Crippen LogP contribution in [0.1, 0.15) is 38.4 Å². The number of ether oxygens (including phenoxy) is 1. The molecule has 0 aliphatic rings. The van der Waals surface area contributed by atoms with Crippen LogP contribution in [0, 0.1) is 17.1 Å². The number of halogens is 4. The van der Waals surface area contributed by atoms with Gasteiger partial charge in [-0.25, -0.2) is 18.9 Å². The maximum absolute atomic E-state index is 14.4. The summed E-state index contributed by atoms with van der Waals surface area (Å²) < 4.78 is 60.0. The largest absolute Gasteiger partial charge is 0.495 e. The highest BCUT2D eigenvalue weighted by molar-refractivity contribution is 5.65. The van der Waals surface area contributed by atoms with Crippen LogP contribution in [0.3, 0.4) is 0 Å². The topological polar surface area (TPSA) is 122 Å². The first-order valence-corrected chi connectivity index (χ1v) is 9.01. The van der Waals surface area contributed by atoms with Crippen LogP contribution in [0.25, 0.3) is 17.0 Å². The highest BCUT2D eigenvalue weighted by Crippen LogP contribution is 2.41. The number of nitriles is 1. The van der Waals surface area contributed by atoms with Crippen molar-refractivity contribution in [1.82, 2.24) is 19.6 Å². The molecule has 3 rings (SSSR count). The van der Waals surface area contributed by atoms with Gasteiger partial charge in [-0.3, -0.25) is 0 Å². The highest BCUT2D eigenvalue weighted by Gasteiger charge is 2.54. The van der Waals surface area contributed by atoms with Gasteiger partial charge in [0.2, 0.25) is 5.60 Å². The van der Waals surface area contributed by atoms with E-state index >= 15 is 0 Å². The third kappa shape index (κ3) is 4.36. The number of imidazole rings is 1. The van der Waals surface area contributed by atoms with E-state index in [9.17, 15) is 22.7 Å². The second-order valence-corrected chi connectivity index (χ2v) is 6.62. The normalized spacial score (nSPS) is 13.2. The third-order valence-electron chi connectivity index (χ3n) is 4.06. The predicted molar refractivity (Wildman–Crippen MR) is 103 cm³/mol. The van der Waals surface area contributed by atoms with Crippen molar-refractivity contribution in [3.05, 3.63) is 35.4 Å². The zero-order valence-corrected chi connectivity index (χ0v) is 17.1. The molecule has 3 aromatic heterocycles. The molecule has 1 atom stereocenters. The average Bonchev–Trinajstić information content (AvgIpc) is 3.10. The maximum Gasteiger partial charge on any atom is 0.422 e. The lowest BCUT2D eigenvalue weighted by molar-refractivity contribution is -0.261. The van der Waals surface area contributed by atoms with Crippen molar-refractivity contribution in [2.75, 3.05) is 12.8 Å². The second kappa shape index (κ2) is 8.73. The summed E-state index contributed by atoms with van der Waals surface area (Å²) in [5.74, 6) is -1.58. The van der Waals surface area contributed by atoms with Gasteiger partial charge in [0, 0.05) is 6.07 Å². The van der Waals surface area contributed by atoms with Crippen LogP contribution in [-0.4, -0.2) is 38.0 Å². The molecule has 31 heavy (non-hydrogen) atoms. The quantitative estimate of drug-likeness (QED) is 0.597. The monoisotopic (exact) mass is 440 g/mol. The molecule has 0 aromatic carbocycles. The van der Waals surface area contributed by atoms with Gasteiger partial charge in [0.15, 0.2) is 11.5 Å². The number of hydrogen-bond donors (Lipinski definition) is 2. The zero-order valence-electron chi connectivity index (χ0n) is 17.1. The van der Waals surface area contributed by atoms with Crippen molar-refractivity contribution in [3.63, 3.8) is 0 Å². The Bertz CT molecular complexity index is 1140. The molecule has 3 heterocycles. The summed E-state index contributed by atoms with van der Waals surface area (Å²) >= 11 is 0. The number of aliphatic hydroxyl groups is 1. The summed E-state index contributed by atoms with van der Waals surface area (Å²) in [6.45, 7) is 4.76. The summed E-state index contributed by atoms with van der Waals surface area (Å²) in [4.78, 5) is 7.73. The molecule has 0 aliphatic carbocycles. The lowest BCUT2D eigenvalue weighted by atomic mass is 10.0. The van der Waals surface area contributed by atoms with Gasteiger partial charge >= 0.3 is 6.18 Å². The summed E-state index contributed by atoms with van der Waals surface area (Å²) in [6.07, 6.45) is -2.70. The summed E-state index contributed by atoms with van der Waals surface area (Å²) in [7, 11) is 1.11. The number of fused-ring (bicyclic) bond motifs is 1. The predicted octanol–water partition coefficient (Wildman–Crippen LogP) is 3.58. The average molecular weight is 440 g/mol. The highest BCUT2D eigenvalue weighted by atomic mass is 19.4. The number of nitrogen functional groups attached to an aromatic ring is 1. The number of methoxy groups -OCH3 is 1. The molecule has 1 unspecified atom stereocenters. The van der Waals surface area contributed by atoms with Gasteiger partial charge in [-0.2, -0.15) is 23.5 Å². The molecule has 0 saturated carbocycles. The molecule has 0 bridgehead atoms. The number of anilines is 1. The molecule has 0 saturated heterocycles. The fraction of sp³-hybridized carbons (Fsp3) is 0.368. The van der Waals surface area contributed by atoms with Crippen LogP contribution in [0.15, 0.2) is 18.3 Å². The first-order chi connectivity index (χ1) is 14.4. The Labute approximate surface area is 174 Å². The Morgan fingerprint density at radius 3 is 2.42 bits per heavy atom. The molecule has 3 aromatic rings. The fourth-order valence-corrected chi connectivity index (χ4v) is 2.46. The van der Waals surface area contributed by atoms with E-state index in [1.165, 1.54) is 6.42 Å². The number of nitrogens with two attached hydrogens (primary N) is 1. The molecule has 0 fully saturated rings. The van der Waals surface area contributed by atoms with Crippen molar-refractivity contribution in [3.8, 4) is 23.2 Å². The van der Waals surface area contributed by atoms with Crippen LogP contribution in [-0.2, 0) is 5.60 Å². The Morgan fingerprint density at radius 2 is 1.90 bits per heavy atom. The summed E-state index contributed by atoms with van der Waals surface area (Å²) in [5, 5.41) is 22.7. The Kier molecular flexibility index (Phi) is 6.70. The van der Waals surface area contributed by atoms with E-state index in [4.69, 9.17) is 15.7 Å². The standard InChI is InChI=1S/C16H12F4N6O2.C3H8/c1-15(27,16(18,19)20)13-10(28-2)4-11-23-6-9(26(11)25-13)12-8(17)3-7(5-21)14(22)24-12;1-3-2/h3-4,6,27H,1-2H3,(H2,22,24);3H2,1-2H3. The molecule has 166 valence electrons. The Balaban J connectivity index is 0.00000107. The number of alkyl halides is 3. The molecule has 3 N–H and O–H groups in total. The van der Waals surface area contributed by atoms with Gasteiger partial charge in [-0.1, -0.05) is 20.3 Å². The van der Waals surface area contributed by atoms with Gasteiger partial charge in [0.25, 0.3) is 0 Å². The molecule has 0 radical (unpaired) electrons. The molecular formula is C19H20F4N6O2. The number of pyridine rings is 1. The lowest BCUT2D eigenvalue weighted by Crippen LogP contribution is -2.40. The Hall–Kier alpha value is -3.46. The van der Waals surface area contributed by atoms with E-state index in [1.807, 2.05) is 0 Å². The van der Waals surface area contributed by atoms with Crippen LogP contribution >= 0.6 is 0 Å². The number of nitrogens with zero attached hydrogens (tertiary/aromatic N) is 5. The third-order valence-corrected chi connectivity index (χ3v) is 4.06. The van der Waals surface area contributed by atoms with E-state index in [2.05, 4.69) is 28.9 Å². The summed E-state index contributed by atoms with van der Waals surface area (Å²) in [6, 6.07) is 3.62. The molecule has 0 aliphatic heterocycles. The molecule has 12 heteroatoms. The van der Waals surface area contributed by atoms with Gasteiger partial charge < -0.3 is 15.6 Å². The Morgan fingerprint density at radius 1 is 1.29 bits per heavy atom. The SMILES string of the molecule is CCC.COc1cc2ncc(-c3nc(N)c(C#N)cc3F)n2nc1C(C)(O)C(F)(F)F. The van der Waals surface area contributed by atoms with Gasteiger partial charge in [-0.05, 0) is 13.0 Å². The van der Waals surface area contributed by atoms with Crippen molar-refractivity contribution >= 4 is 11.5 Å². The van der Waals surface area contributed by atoms with Crippen molar-refractivity contribution in [1.29, 1.82) is 5.26 Å². The fourth-order valence-electron chi connectivity index (χ4n) is 2.46. The van der Waals surface area contributed by atoms with E-state index in [0.29, 0.717) is 6.92 Å². The number of rotatable bonds is 3. The second-order valence-electron chi connectivity index (χ2n) is 6.62. The van der Waals surface area contributed by atoms with Crippen LogP contribution in [0.4, 0.5) is 23.4 Å². The molecule has 0 amide bonds. The van der Waals surface area contributed by atoms with Crippen molar-refractivity contribution in [2.45, 2.75) is 39.0 Å². The minimum Gasteiger partial charge on any atom is -0.495 e. The lowest BCUT2D eigenvalue weighted by Gasteiger charge is -2.26. The van der Waals surface area contributed by atoms with Gasteiger partial charge in [-0.15, -0.1) is 0 Å². The summed E-state index contributed by atoms with van der Waals surface area (Å²) in [5.41, 5.74) is 0.685. The zero-order chi connectivity index (χ0) is 23.6. The molecule has 8 nitrogen and oxygen atoms in total. The molecule has 0 spiro atoms. The van der Waals surface area contributed by atoms with Gasteiger partial charge in [0.1, 0.15) is 34.7 Å². The van der Waals surface area contributed by atoms with Crippen LogP contribution in [0.5, 0.6) is 5.75 Å². The van der Waals surface area contributed by atoms with Gasteiger partial charge in [0.05, 0.1) is 18.9 Å². The number of aromatic nitrogens is 4. The first kappa shape index (κ1) is 23.8.